The molecule has 2 aliphatic heterocycles. The van der Waals surface area contributed by atoms with Crippen LogP contribution in [0.15, 0.2) is 24.3 Å². The summed E-state index contributed by atoms with van der Waals surface area (Å²) in [4.78, 5) is 14.6. The second-order valence-electron chi connectivity index (χ2n) is 6.56. The largest absolute Gasteiger partial charge is 0.352 e. The second kappa shape index (κ2) is 7.75. The Morgan fingerprint density at radius 1 is 1.14 bits per heavy atom. The van der Waals surface area contributed by atoms with E-state index in [0.29, 0.717) is 6.54 Å². The first-order valence-electron chi connectivity index (χ1n) is 8.60. The molecule has 1 aromatic carbocycles. The predicted octanol–water partition coefficient (Wildman–Crippen LogP) is 1.90. The molecule has 1 unspecified atom stereocenters. The third-order valence-electron chi connectivity index (χ3n) is 4.76. The summed E-state index contributed by atoms with van der Waals surface area (Å²) in [5.41, 5.74) is 2.55. The lowest BCUT2D eigenvalue weighted by molar-refractivity contribution is -0.125. The zero-order valence-corrected chi connectivity index (χ0v) is 13.3. The van der Waals surface area contributed by atoms with E-state index >= 15 is 0 Å². The predicted molar refractivity (Wildman–Crippen MR) is 88.4 cm³/mol. The van der Waals surface area contributed by atoms with E-state index in [4.69, 9.17) is 0 Å². The quantitative estimate of drug-likeness (QED) is 0.873. The van der Waals surface area contributed by atoms with Gasteiger partial charge in [-0.3, -0.25) is 9.69 Å². The van der Waals surface area contributed by atoms with Crippen molar-refractivity contribution in [2.75, 3.05) is 26.2 Å². The molecule has 2 saturated heterocycles. The smallest absolute Gasteiger partial charge is 0.224 e. The highest BCUT2D eigenvalue weighted by molar-refractivity contribution is 5.78. The van der Waals surface area contributed by atoms with Crippen molar-refractivity contribution in [2.45, 2.75) is 38.8 Å². The molecule has 0 spiro atoms. The third-order valence-corrected chi connectivity index (χ3v) is 4.76. The molecule has 2 heterocycles. The minimum Gasteiger partial charge on any atom is -0.352 e. The third kappa shape index (κ3) is 4.31. The Hall–Kier alpha value is -1.39. The first kappa shape index (κ1) is 15.5. The molecule has 0 aromatic heterocycles. The molecule has 120 valence electrons. The van der Waals surface area contributed by atoms with Crippen LogP contribution in [0.2, 0.25) is 0 Å². The first-order valence-corrected chi connectivity index (χ1v) is 8.60. The Morgan fingerprint density at radius 2 is 1.86 bits per heavy atom. The highest BCUT2D eigenvalue weighted by Gasteiger charge is 2.20. The van der Waals surface area contributed by atoms with Crippen molar-refractivity contribution in [2.24, 2.45) is 5.92 Å². The fraction of sp³-hybridized carbons (Fsp3) is 0.611. The van der Waals surface area contributed by atoms with Crippen LogP contribution in [-0.2, 0) is 17.9 Å². The maximum absolute atomic E-state index is 12.1. The SMILES string of the molecule is O=C(NCc1ccc(CN2CCCC2)cc1)C1CCCNC1. The molecule has 22 heavy (non-hydrogen) atoms. The Morgan fingerprint density at radius 3 is 2.55 bits per heavy atom. The topological polar surface area (TPSA) is 44.4 Å². The molecule has 3 rings (SSSR count). The highest BCUT2D eigenvalue weighted by atomic mass is 16.1. The standard InChI is InChI=1S/C18H27N3O/c22-18(17-4-3-9-19-13-17)20-12-15-5-7-16(8-6-15)14-21-10-1-2-11-21/h5-8,17,19H,1-4,9-14H2,(H,20,22). The molecule has 0 aliphatic carbocycles. The van der Waals surface area contributed by atoms with Gasteiger partial charge in [-0.15, -0.1) is 0 Å². The van der Waals surface area contributed by atoms with E-state index < -0.39 is 0 Å². The molecular weight excluding hydrogens is 274 g/mol. The number of nitrogens with zero attached hydrogens (tertiary/aromatic N) is 1. The van der Waals surface area contributed by atoms with E-state index in [2.05, 4.69) is 39.8 Å². The summed E-state index contributed by atoms with van der Waals surface area (Å²) in [7, 11) is 0. The molecule has 1 aromatic rings. The van der Waals surface area contributed by atoms with Gasteiger partial charge in [0.25, 0.3) is 0 Å². The molecule has 0 saturated carbocycles. The number of carbonyl (C=O) groups excluding carboxylic acids is 1. The van der Waals surface area contributed by atoms with Gasteiger partial charge in [0.15, 0.2) is 0 Å². The van der Waals surface area contributed by atoms with Crippen LogP contribution in [0.5, 0.6) is 0 Å². The van der Waals surface area contributed by atoms with Gasteiger partial charge in [-0.2, -0.15) is 0 Å². The van der Waals surface area contributed by atoms with Crippen LogP contribution < -0.4 is 10.6 Å². The number of hydrogen-bond donors (Lipinski definition) is 2. The zero-order chi connectivity index (χ0) is 15.2. The molecular formula is C18H27N3O. The minimum absolute atomic E-state index is 0.142. The molecule has 1 atom stereocenters. The minimum atomic E-state index is 0.142. The van der Waals surface area contributed by atoms with Gasteiger partial charge in [-0.1, -0.05) is 24.3 Å². The molecule has 2 fully saturated rings. The van der Waals surface area contributed by atoms with Crippen molar-refractivity contribution >= 4 is 5.91 Å². The monoisotopic (exact) mass is 301 g/mol. The van der Waals surface area contributed by atoms with Gasteiger partial charge in [-0.25, -0.2) is 0 Å². The fourth-order valence-corrected chi connectivity index (χ4v) is 3.37. The van der Waals surface area contributed by atoms with Crippen molar-refractivity contribution in [1.29, 1.82) is 0 Å². The molecule has 2 N–H and O–H groups in total. The summed E-state index contributed by atoms with van der Waals surface area (Å²) in [6.45, 7) is 6.02. The second-order valence-corrected chi connectivity index (χ2v) is 6.56. The lowest BCUT2D eigenvalue weighted by Crippen LogP contribution is -2.40. The van der Waals surface area contributed by atoms with E-state index in [0.717, 1.165) is 32.5 Å². The lowest BCUT2D eigenvalue weighted by atomic mass is 9.99. The van der Waals surface area contributed by atoms with Crippen LogP contribution in [0.1, 0.15) is 36.8 Å². The zero-order valence-electron chi connectivity index (χ0n) is 13.3. The van der Waals surface area contributed by atoms with Crippen LogP contribution in [0, 0.1) is 5.92 Å². The van der Waals surface area contributed by atoms with Crippen molar-refractivity contribution in [1.82, 2.24) is 15.5 Å². The Kier molecular flexibility index (Phi) is 5.46. The van der Waals surface area contributed by atoms with Gasteiger partial charge in [0, 0.05) is 19.6 Å². The maximum Gasteiger partial charge on any atom is 0.224 e. The molecule has 1 amide bonds. The number of piperidine rings is 1. The van der Waals surface area contributed by atoms with Crippen LogP contribution in [0.25, 0.3) is 0 Å². The molecule has 4 nitrogen and oxygen atoms in total. The Labute approximate surface area is 133 Å². The van der Waals surface area contributed by atoms with E-state index in [-0.39, 0.29) is 11.8 Å². The maximum atomic E-state index is 12.1. The summed E-state index contributed by atoms with van der Waals surface area (Å²) in [6, 6.07) is 8.68. The van der Waals surface area contributed by atoms with E-state index in [1.54, 1.807) is 0 Å². The number of amides is 1. The Bertz CT molecular complexity index is 474. The number of rotatable bonds is 5. The van der Waals surface area contributed by atoms with Crippen molar-refractivity contribution < 1.29 is 4.79 Å². The van der Waals surface area contributed by atoms with Gasteiger partial charge in [-0.05, 0) is 56.4 Å². The lowest BCUT2D eigenvalue weighted by Gasteiger charge is -2.22. The molecule has 0 radical (unpaired) electrons. The van der Waals surface area contributed by atoms with E-state index in [1.165, 1.54) is 37.1 Å². The fourth-order valence-electron chi connectivity index (χ4n) is 3.37. The van der Waals surface area contributed by atoms with Crippen LogP contribution in [-0.4, -0.2) is 37.0 Å². The van der Waals surface area contributed by atoms with Crippen molar-refractivity contribution in [3.05, 3.63) is 35.4 Å². The van der Waals surface area contributed by atoms with E-state index in [1.807, 2.05) is 0 Å². The average molecular weight is 301 g/mol. The Balaban J connectivity index is 1.45. The van der Waals surface area contributed by atoms with Crippen LogP contribution in [0.3, 0.4) is 0 Å². The number of benzene rings is 1. The molecule has 2 aliphatic rings. The normalized spacial score (nSPS) is 22.6. The van der Waals surface area contributed by atoms with Gasteiger partial charge < -0.3 is 10.6 Å². The van der Waals surface area contributed by atoms with Crippen LogP contribution in [0.4, 0.5) is 0 Å². The van der Waals surface area contributed by atoms with Crippen LogP contribution >= 0.6 is 0 Å². The number of likely N-dealkylation sites (tertiary alicyclic amines) is 1. The number of hydrogen-bond acceptors (Lipinski definition) is 3. The summed E-state index contributed by atoms with van der Waals surface area (Å²) < 4.78 is 0. The molecule has 4 heteroatoms. The average Bonchev–Trinajstić information content (AvgIpc) is 3.08. The number of carbonyl (C=O) groups is 1. The number of nitrogens with one attached hydrogen (secondary N) is 2. The highest BCUT2D eigenvalue weighted by Crippen LogP contribution is 2.14. The van der Waals surface area contributed by atoms with Gasteiger partial charge in [0.1, 0.15) is 0 Å². The van der Waals surface area contributed by atoms with E-state index in [9.17, 15) is 4.79 Å². The van der Waals surface area contributed by atoms with Gasteiger partial charge in [0.2, 0.25) is 5.91 Å². The van der Waals surface area contributed by atoms with Gasteiger partial charge in [0.05, 0.1) is 5.92 Å². The summed E-state index contributed by atoms with van der Waals surface area (Å²) in [5.74, 6) is 0.330. The summed E-state index contributed by atoms with van der Waals surface area (Å²) in [5, 5.41) is 6.36. The van der Waals surface area contributed by atoms with Crippen molar-refractivity contribution in [3.63, 3.8) is 0 Å². The summed E-state index contributed by atoms with van der Waals surface area (Å²) >= 11 is 0. The first-order chi connectivity index (χ1) is 10.8. The van der Waals surface area contributed by atoms with Gasteiger partial charge >= 0.3 is 0 Å². The summed E-state index contributed by atoms with van der Waals surface area (Å²) in [6.07, 6.45) is 4.77. The molecule has 0 bridgehead atoms. The van der Waals surface area contributed by atoms with Crippen molar-refractivity contribution in [3.8, 4) is 0 Å².